The third-order valence-electron chi connectivity index (χ3n) is 3.72. The van der Waals surface area contributed by atoms with Gasteiger partial charge in [0, 0.05) is 36.3 Å². The number of benzene rings is 1. The minimum atomic E-state index is 0.578. The van der Waals surface area contributed by atoms with E-state index in [1.165, 1.54) is 0 Å². The van der Waals surface area contributed by atoms with Gasteiger partial charge in [-0.3, -0.25) is 4.79 Å². The number of hydrogen-bond donors (Lipinski definition) is 1. The van der Waals surface area contributed by atoms with E-state index in [0.29, 0.717) is 37.9 Å². The number of carbonyl (C=O) groups excluding carboxylic acids is 1. The Bertz CT molecular complexity index is 702. The zero-order chi connectivity index (χ0) is 16.2. The highest BCUT2D eigenvalue weighted by molar-refractivity contribution is 9.10. The van der Waals surface area contributed by atoms with Crippen molar-refractivity contribution in [3.8, 4) is 0 Å². The average Bonchev–Trinajstić information content (AvgIpc) is 2.58. The van der Waals surface area contributed by atoms with Crippen LogP contribution in [0, 0.1) is 6.92 Å². The van der Waals surface area contributed by atoms with Crippen LogP contribution in [0.25, 0.3) is 0 Å². The van der Waals surface area contributed by atoms with Crippen LogP contribution in [-0.2, 0) is 4.79 Å². The van der Waals surface area contributed by atoms with Gasteiger partial charge in [0.15, 0.2) is 5.82 Å². The Morgan fingerprint density at radius 1 is 1.26 bits per heavy atom. The summed E-state index contributed by atoms with van der Waals surface area (Å²) < 4.78 is 1.07. The van der Waals surface area contributed by atoms with Crippen LogP contribution in [0.15, 0.2) is 28.9 Å². The predicted molar refractivity (Wildman–Crippen MR) is 91.8 cm³/mol. The lowest BCUT2D eigenvalue weighted by Crippen LogP contribution is -2.46. The zero-order valence-electron chi connectivity index (χ0n) is 12.7. The van der Waals surface area contributed by atoms with Crippen LogP contribution >= 0.6 is 15.9 Å². The van der Waals surface area contributed by atoms with E-state index in [-0.39, 0.29) is 0 Å². The number of rotatable bonds is 4. The highest BCUT2D eigenvalue weighted by atomic mass is 79.9. The molecule has 1 amide bonds. The van der Waals surface area contributed by atoms with Crippen LogP contribution in [0.1, 0.15) is 5.56 Å². The van der Waals surface area contributed by atoms with E-state index in [4.69, 9.17) is 0 Å². The molecule has 0 radical (unpaired) electrons. The molecule has 0 spiro atoms. The second-order valence-corrected chi connectivity index (χ2v) is 6.21. The molecule has 2 aromatic rings. The standard InChI is InChI=1S/C15H17BrN6O/c1-11-8-12(2-3-13(11)16)18-14-9-17-20-15(19-14)22-6-4-21(10-23)5-7-22/h2-3,8-10H,4-7H2,1H3,(H,18,19,20). The van der Waals surface area contributed by atoms with Gasteiger partial charge in [-0.15, -0.1) is 5.10 Å². The maximum atomic E-state index is 10.8. The number of hydrogen-bond acceptors (Lipinski definition) is 6. The summed E-state index contributed by atoms with van der Waals surface area (Å²) in [5.41, 5.74) is 2.09. The summed E-state index contributed by atoms with van der Waals surface area (Å²) in [7, 11) is 0. The summed E-state index contributed by atoms with van der Waals surface area (Å²) in [6.45, 7) is 4.81. The molecule has 3 rings (SSSR count). The van der Waals surface area contributed by atoms with E-state index >= 15 is 0 Å². The average molecular weight is 377 g/mol. The third kappa shape index (κ3) is 3.76. The fraction of sp³-hybridized carbons (Fsp3) is 0.333. The van der Waals surface area contributed by atoms with Gasteiger partial charge in [-0.25, -0.2) is 0 Å². The Labute approximate surface area is 142 Å². The topological polar surface area (TPSA) is 74.2 Å². The first kappa shape index (κ1) is 15.7. The molecule has 1 N–H and O–H groups in total. The molecule has 0 bridgehead atoms. The normalized spacial score (nSPS) is 14.7. The van der Waals surface area contributed by atoms with Crippen molar-refractivity contribution < 1.29 is 4.79 Å². The molecular formula is C15H17BrN6O. The molecule has 1 aliphatic heterocycles. The smallest absolute Gasteiger partial charge is 0.247 e. The van der Waals surface area contributed by atoms with Crippen molar-refractivity contribution in [2.24, 2.45) is 0 Å². The van der Waals surface area contributed by atoms with E-state index < -0.39 is 0 Å². The van der Waals surface area contributed by atoms with Crippen molar-refractivity contribution in [3.63, 3.8) is 0 Å². The largest absolute Gasteiger partial charge is 0.342 e. The molecule has 2 heterocycles. The van der Waals surface area contributed by atoms with E-state index in [1.54, 1.807) is 11.1 Å². The van der Waals surface area contributed by atoms with Crippen LogP contribution in [0.5, 0.6) is 0 Å². The van der Waals surface area contributed by atoms with E-state index in [2.05, 4.69) is 36.4 Å². The van der Waals surface area contributed by atoms with Crippen LogP contribution < -0.4 is 10.2 Å². The van der Waals surface area contributed by atoms with Gasteiger partial charge >= 0.3 is 0 Å². The number of aromatic nitrogens is 3. The van der Waals surface area contributed by atoms with Crippen molar-refractivity contribution in [2.75, 3.05) is 36.4 Å². The SMILES string of the molecule is Cc1cc(Nc2cnnc(N3CCN(C=O)CC3)n2)ccc1Br. The van der Waals surface area contributed by atoms with Crippen LogP contribution in [0.2, 0.25) is 0 Å². The quantitative estimate of drug-likeness (QED) is 0.822. The lowest BCUT2D eigenvalue weighted by atomic mass is 10.2. The second kappa shape index (κ2) is 6.91. The maximum Gasteiger partial charge on any atom is 0.247 e. The Morgan fingerprint density at radius 3 is 2.74 bits per heavy atom. The fourth-order valence-corrected chi connectivity index (χ4v) is 2.63. The number of piperazine rings is 1. The van der Waals surface area contributed by atoms with E-state index in [9.17, 15) is 4.79 Å². The highest BCUT2D eigenvalue weighted by Crippen LogP contribution is 2.22. The lowest BCUT2D eigenvalue weighted by Gasteiger charge is -2.32. The van der Waals surface area contributed by atoms with Gasteiger partial charge in [-0.05, 0) is 30.7 Å². The van der Waals surface area contributed by atoms with Gasteiger partial charge in [-0.1, -0.05) is 15.9 Å². The summed E-state index contributed by atoms with van der Waals surface area (Å²) in [5.74, 6) is 1.23. The monoisotopic (exact) mass is 376 g/mol. The number of aryl methyl sites for hydroxylation is 1. The maximum absolute atomic E-state index is 10.8. The number of nitrogens with zero attached hydrogens (tertiary/aromatic N) is 5. The molecule has 1 saturated heterocycles. The first-order chi connectivity index (χ1) is 11.2. The Hall–Kier alpha value is -2.22. The fourth-order valence-electron chi connectivity index (χ4n) is 2.39. The van der Waals surface area contributed by atoms with Gasteiger partial charge in [-0.2, -0.15) is 10.1 Å². The molecule has 120 valence electrons. The van der Waals surface area contributed by atoms with Crippen LogP contribution in [0.3, 0.4) is 0 Å². The Balaban J connectivity index is 1.72. The molecule has 1 aromatic carbocycles. The third-order valence-corrected chi connectivity index (χ3v) is 4.61. The van der Waals surface area contributed by atoms with E-state index in [0.717, 1.165) is 22.1 Å². The first-order valence-electron chi connectivity index (χ1n) is 7.33. The number of nitrogens with one attached hydrogen (secondary N) is 1. The minimum absolute atomic E-state index is 0.578. The Morgan fingerprint density at radius 2 is 2.04 bits per heavy atom. The predicted octanol–water partition coefficient (Wildman–Crippen LogP) is 1.96. The summed E-state index contributed by atoms with van der Waals surface area (Å²) in [6.07, 6.45) is 2.48. The number of halogens is 1. The van der Waals surface area contributed by atoms with Gasteiger partial charge in [0.2, 0.25) is 12.4 Å². The number of carbonyl (C=O) groups is 1. The molecule has 7 nitrogen and oxygen atoms in total. The minimum Gasteiger partial charge on any atom is -0.342 e. The second-order valence-electron chi connectivity index (χ2n) is 5.36. The molecular weight excluding hydrogens is 360 g/mol. The van der Waals surface area contributed by atoms with E-state index in [1.807, 2.05) is 30.0 Å². The van der Waals surface area contributed by atoms with Gasteiger partial charge in [0.05, 0.1) is 6.20 Å². The number of amides is 1. The van der Waals surface area contributed by atoms with Crippen LogP contribution in [0.4, 0.5) is 17.5 Å². The van der Waals surface area contributed by atoms with Gasteiger partial charge in [0.1, 0.15) is 0 Å². The summed E-state index contributed by atoms with van der Waals surface area (Å²) in [6, 6.07) is 6.00. The molecule has 1 aromatic heterocycles. The van der Waals surface area contributed by atoms with Gasteiger partial charge < -0.3 is 15.1 Å². The molecule has 23 heavy (non-hydrogen) atoms. The van der Waals surface area contributed by atoms with Crippen molar-refractivity contribution >= 4 is 39.8 Å². The van der Waals surface area contributed by atoms with Crippen LogP contribution in [-0.4, -0.2) is 52.7 Å². The lowest BCUT2D eigenvalue weighted by molar-refractivity contribution is -0.118. The molecule has 1 fully saturated rings. The van der Waals surface area contributed by atoms with Crippen molar-refractivity contribution in [2.45, 2.75) is 6.92 Å². The molecule has 0 unspecified atom stereocenters. The van der Waals surface area contributed by atoms with Crippen molar-refractivity contribution in [1.29, 1.82) is 0 Å². The van der Waals surface area contributed by atoms with Crippen molar-refractivity contribution in [3.05, 3.63) is 34.4 Å². The first-order valence-corrected chi connectivity index (χ1v) is 8.12. The molecule has 8 heteroatoms. The van der Waals surface area contributed by atoms with Gasteiger partial charge in [0.25, 0.3) is 0 Å². The molecule has 0 aliphatic carbocycles. The van der Waals surface area contributed by atoms with Crippen molar-refractivity contribution in [1.82, 2.24) is 20.1 Å². The Kier molecular flexibility index (Phi) is 4.71. The molecule has 0 atom stereocenters. The number of anilines is 3. The summed E-state index contributed by atoms with van der Waals surface area (Å²) >= 11 is 3.49. The zero-order valence-corrected chi connectivity index (χ0v) is 14.3. The summed E-state index contributed by atoms with van der Waals surface area (Å²) in [4.78, 5) is 19.1. The summed E-state index contributed by atoms with van der Waals surface area (Å²) in [5, 5.41) is 11.4. The molecule has 0 saturated carbocycles. The molecule has 1 aliphatic rings. The highest BCUT2D eigenvalue weighted by Gasteiger charge is 2.18.